The van der Waals surface area contributed by atoms with E-state index in [0.717, 1.165) is 44.0 Å². The number of hydrogen-bond donors (Lipinski definition) is 1. The van der Waals surface area contributed by atoms with E-state index in [1.165, 1.54) is 5.56 Å². The standard InChI is InChI=1S/C17H29NO3/c1-6-17(7-2,13-18-10-11-19-3)14-8-9-15(20-4)16(12-14)21-5/h8-9,12,18H,6-7,10-11,13H2,1-5H3. The molecule has 0 heterocycles. The molecule has 0 saturated carbocycles. The molecule has 0 spiro atoms. The molecule has 0 radical (unpaired) electrons. The van der Waals surface area contributed by atoms with Crippen LogP contribution in [0, 0.1) is 0 Å². The van der Waals surface area contributed by atoms with Crippen molar-refractivity contribution >= 4 is 0 Å². The minimum Gasteiger partial charge on any atom is -0.493 e. The SMILES string of the molecule is CCC(CC)(CNCCOC)c1ccc(OC)c(OC)c1. The van der Waals surface area contributed by atoms with Crippen LogP contribution in [0.5, 0.6) is 11.5 Å². The van der Waals surface area contributed by atoms with Gasteiger partial charge in [0.05, 0.1) is 20.8 Å². The van der Waals surface area contributed by atoms with Crippen LogP contribution in [0.4, 0.5) is 0 Å². The molecule has 1 aromatic rings. The summed E-state index contributed by atoms with van der Waals surface area (Å²) in [6.07, 6.45) is 2.14. The fraction of sp³-hybridized carbons (Fsp3) is 0.647. The first-order chi connectivity index (χ1) is 10.2. The predicted molar refractivity (Wildman–Crippen MR) is 86.6 cm³/mol. The summed E-state index contributed by atoms with van der Waals surface area (Å²) in [4.78, 5) is 0. The fourth-order valence-electron chi connectivity index (χ4n) is 2.68. The van der Waals surface area contributed by atoms with Gasteiger partial charge in [-0.1, -0.05) is 19.9 Å². The second-order valence-electron chi connectivity index (χ2n) is 5.23. The second-order valence-corrected chi connectivity index (χ2v) is 5.23. The molecular formula is C17H29NO3. The Kier molecular flexibility index (Phi) is 7.54. The Hall–Kier alpha value is -1.26. The minimum absolute atomic E-state index is 0.104. The van der Waals surface area contributed by atoms with E-state index in [1.54, 1.807) is 21.3 Å². The van der Waals surface area contributed by atoms with Crippen molar-refractivity contribution in [3.63, 3.8) is 0 Å². The van der Waals surface area contributed by atoms with Crippen molar-refractivity contribution in [2.75, 3.05) is 41.0 Å². The highest BCUT2D eigenvalue weighted by molar-refractivity contribution is 5.45. The number of benzene rings is 1. The summed E-state index contributed by atoms with van der Waals surface area (Å²) in [5, 5.41) is 3.50. The molecule has 120 valence electrons. The summed E-state index contributed by atoms with van der Waals surface area (Å²) in [5.74, 6) is 1.56. The van der Waals surface area contributed by atoms with Crippen LogP contribution in [-0.2, 0) is 10.2 Å². The van der Waals surface area contributed by atoms with E-state index in [-0.39, 0.29) is 5.41 Å². The average Bonchev–Trinajstić information content (AvgIpc) is 2.55. The van der Waals surface area contributed by atoms with Gasteiger partial charge in [0.15, 0.2) is 11.5 Å². The van der Waals surface area contributed by atoms with E-state index in [2.05, 4.69) is 31.3 Å². The van der Waals surface area contributed by atoms with Gasteiger partial charge in [-0.3, -0.25) is 0 Å². The minimum atomic E-state index is 0.104. The zero-order valence-corrected chi connectivity index (χ0v) is 14.0. The average molecular weight is 295 g/mol. The van der Waals surface area contributed by atoms with E-state index in [4.69, 9.17) is 14.2 Å². The van der Waals surface area contributed by atoms with E-state index < -0.39 is 0 Å². The lowest BCUT2D eigenvalue weighted by atomic mass is 9.75. The summed E-state index contributed by atoms with van der Waals surface area (Å²) in [6.45, 7) is 7.00. The Bertz CT molecular complexity index is 416. The largest absolute Gasteiger partial charge is 0.493 e. The third-order valence-electron chi connectivity index (χ3n) is 4.30. The maximum absolute atomic E-state index is 5.44. The van der Waals surface area contributed by atoms with Crippen molar-refractivity contribution in [1.29, 1.82) is 0 Å². The smallest absolute Gasteiger partial charge is 0.161 e. The number of hydrogen-bond acceptors (Lipinski definition) is 4. The van der Waals surface area contributed by atoms with Crippen LogP contribution < -0.4 is 14.8 Å². The molecule has 4 nitrogen and oxygen atoms in total. The topological polar surface area (TPSA) is 39.7 Å². The molecule has 0 bridgehead atoms. The van der Waals surface area contributed by atoms with Gasteiger partial charge in [0.1, 0.15) is 0 Å². The summed E-state index contributed by atoms with van der Waals surface area (Å²) < 4.78 is 15.9. The van der Waals surface area contributed by atoms with Gasteiger partial charge >= 0.3 is 0 Å². The van der Waals surface area contributed by atoms with Crippen LogP contribution in [0.25, 0.3) is 0 Å². The molecule has 0 saturated heterocycles. The van der Waals surface area contributed by atoms with Gasteiger partial charge < -0.3 is 19.5 Å². The van der Waals surface area contributed by atoms with Gasteiger partial charge in [-0.05, 0) is 30.5 Å². The fourth-order valence-corrected chi connectivity index (χ4v) is 2.68. The highest BCUT2D eigenvalue weighted by Crippen LogP contribution is 2.36. The van der Waals surface area contributed by atoms with Crippen molar-refractivity contribution < 1.29 is 14.2 Å². The van der Waals surface area contributed by atoms with Crippen molar-refractivity contribution in [3.8, 4) is 11.5 Å². The maximum Gasteiger partial charge on any atom is 0.161 e. The number of methoxy groups -OCH3 is 3. The molecular weight excluding hydrogens is 266 g/mol. The Balaban J connectivity index is 2.98. The summed E-state index contributed by atoms with van der Waals surface area (Å²) in [5.41, 5.74) is 1.39. The van der Waals surface area contributed by atoms with Crippen molar-refractivity contribution in [3.05, 3.63) is 23.8 Å². The van der Waals surface area contributed by atoms with Crippen LogP contribution in [0.1, 0.15) is 32.3 Å². The molecule has 0 atom stereocenters. The molecule has 0 aliphatic carbocycles. The third kappa shape index (κ3) is 4.35. The molecule has 1 aromatic carbocycles. The number of ether oxygens (including phenoxy) is 3. The van der Waals surface area contributed by atoms with Gasteiger partial charge in [0.2, 0.25) is 0 Å². The van der Waals surface area contributed by atoms with Crippen LogP contribution >= 0.6 is 0 Å². The van der Waals surface area contributed by atoms with E-state index >= 15 is 0 Å². The first-order valence-corrected chi connectivity index (χ1v) is 7.59. The summed E-state index contributed by atoms with van der Waals surface area (Å²) in [6, 6.07) is 6.24. The Morgan fingerprint density at radius 2 is 1.67 bits per heavy atom. The molecule has 0 fully saturated rings. The zero-order valence-electron chi connectivity index (χ0n) is 14.0. The molecule has 0 unspecified atom stereocenters. The molecule has 4 heteroatoms. The van der Waals surface area contributed by atoms with Crippen molar-refractivity contribution in [2.24, 2.45) is 0 Å². The quantitative estimate of drug-likeness (QED) is 0.674. The van der Waals surface area contributed by atoms with E-state index in [9.17, 15) is 0 Å². The number of rotatable bonds is 10. The maximum atomic E-state index is 5.44. The van der Waals surface area contributed by atoms with Crippen LogP contribution in [0.3, 0.4) is 0 Å². The Morgan fingerprint density at radius 3 is 2.19 bits per heavy atom. The molecule has 0 aromatic heterocycles. The Morgan fingerprint density at radius 1 is 1.00 bits per heavy atom. The van der Waals surface area contributed by atoms with E-state index in [1.807, 2.05) is 6.07 Å². The lowest BCUT2D eigenvalue weighted by Crippen LogP contribution is -2.38. The first kappa shape index (κ1) is 17.8. The predicted octanol–water partition coefficient (Wildman–Crippen LogP) is 3.00. The van der Waals surface area contributed by atoms with Gasteiger partial charge in [0.25, 0.3) is 0 Å². The Labute approximate surface area is 128 Å². The van der Waals surface area contributed by atoms with Crippen LogP contribution in [0.2, 0.25) is 0 Å². The number of nitrogens with one attached hydrogen (secondary N) is 1. The summed E-state index contributed by atoms with van der Waals surface area (Å²) >= 11 is 0. The molecule has 21 heavy (non-hydrogen) atoms. The lowest BCUT2D eigenvalue weighted by molar-refractivity contribution is 0.195. The highest BCUT2D eigenvalue weighted by atomic mass is 16.5. The lowest BCUT2D eigenvalue weighted by Gasteiger charge is -2.33. The molecule has 0 amide bonds. The highest BCUT2D eigenvalue weighted by Gasteiger charge is 2.29. The van der Waals surface area contributed by atoms with Crippen molar-refractivity contribution in [2.45, 2.75) is 32.1 Å². The summed E-state index contributed by atoms with van der Waals surface area (Å²) in [7, 11) is 5.07. The second kappa shape index (κ2) is 8.90. The normalized spacial score (nSPS) is 11.5. The van der Waals surface area contributed by atoms with E-state index in [0.29, 0.717) is 0 Å². The van der Waals surface area contributed by atoms with Gasteiger partial charge in [-0.2, -0.15) is 0 Å². The first-order valence-electron chi connectivity index (χ1n) is 7.59. The molecule has 1 rings (SSSR count). The van der Waals surface area contributed by atoms with Crippen LogP contribution in [0.15, 0.2) is 18.2 Å². The third-order valence-corrected chi connectivity index (χ3v) is 4.30. The van der Waals surface area contributed by atoms with Gasteiger partial charge in [-0.15, -0.1) is 0 Å². The van der Waals surface area contributed by atoms with Crippen LogP contribution in [-0.4, -0.2) is 41.0 Å². The zero-order chi connectivity index (χ0) is 15.7. The molecule has 0 aliphatic rings. The molecule has 0 aliphatic heterocycles. The van der Waals surface area contributed by atoms with Gasteiger partial charge in [-0.25, -0.2) is 0 Å². The van der Waals surface area contributed by atoms with Gasteiger partial charge in [0, 0.05) is 25.6 Å². The molecule has 1 N–H and O–H groups in total. The monoisotopic (exact) mass is 295 g/mol. The van der Waals surface area contributed by atoms with Crippen molar-refractivity contribution in [1.82, 2.24) is 5.32 Å².